The van der Waals surface area contributed by atoms with Crippen molar-refractivity contribution >= 4 is 6.34 Å². The summed E-state index contributed by atoms with van der Waals surface area (Å²) < 4.78 is 0. The van der Waals surface area contributed by atoms with E-state index in [2.05, 4.69) is 16.6 Å². The third kappa shape index (κ3) is 6.76. The maximum Gasteiger partial charge on any atom is 3.00 e. The second-order valence-corrected chi connectivity index (χ2v) is 0.605. The van der Waals surface area contributed by atoms with Gasteiger partial charge in [0.1, 0.15) is 0 Å². The first kappa shape index (κ1) is 15.7. The molecule has 1 radical (unpaired) electrons. The number of nitrogens with zero attached hydrogens (tertiary/aromatic N) is 1. The monoisotopic (exact) mass is 173 g/mol. The van der Waals surface area contributed by atoms with Crippen molar-refractivity contribution < 1.29 is 46.5 Å². The van der Waals surface area contributed by atoms with Crippen molar-refractivity contribution in [3.63, 3.8) is 0 Å². The summed E-state index contributed by atoms with van der Waals surface area (Å²) in [5.41, 5.74) is 0. The molecule has 0 saturated carbocycles. The molecule has 39 valence electrons. The molecule has 1 aliphatic heterocycles. The molecule has 0 amide bonds. The zero-order valence-electron chi connectivity index (χ0n) is 3.41. The summed E-state index contributed by atoms with van der Waals surface area (Å²) in [6.07, 6.45) is 2.49. The zero-order chi connectivity index (χ0) is 2.83. The Morgan fingerprint density at radius 2 is 1.57 bits per heavy atom. The first-order valence-corrected chi connectivity index (χ1v) is 1.14. The Bertz CT molecular complexity index is 43.0. The van der Waals surface area contributed by atoms with Gasteiger partial charge in [-0.1, -0.05) is 0 Å². The van der Waals surface area contributed by atoms with Crippen LogP contribution >= 0.6 is 0 Å². The maximum atomic E-state index is 3.56. The molecule has 1 rings (SSSR count). The largest absolute Gasteiger partial charge is 3.00 e. The van der Waals surface area contributed by atoms with Crippen LogP contribution in [-0.4, -0.2) is 13.0 Å². The Morgan fingerprint density at radius 3 is 1.57 bits per heavy atom. The van der Waals surface area contributed by atoms with Crippen LogP contribution in [0.2, 0.25) is 0 Å². The van der Waals surface area contributed by atoms with Crippen molar-refractivity contribution in [2.75, 3.05) is 6.67 Å². The molecule has 0 bridgehead atoms. The molecule has 0 aromatic carbocycles. The second kappa shape index (κ2) is 9.90. The first-order valence-electron chi connectivity index (χ1n) is 1.14. The van der Waals surface area contributed by atoms with Gasteiger partial charge in [-0.15, -0.1) is 0 Å². The summed E-state index contributed by atoms with van der Waals surface area (Å²) in [4.78, 5) is 3.56. The summed E-state index contributed by atoms with van der Waals surface area (Å²) >= 11 is 0. The molecule has 0 atom stereocenters. The Balaban J connectivity index is -0.0000000533. The maximum absolute atomic E-state index is 3.56. The van der Waals surface area contributed by atoms with E-state index >= 15 is 0 Å². The summed E-state index contributed by atoms with van der Waals surface area (Å²) in [7, 11) is 0. The van der Waals surface area contributed by atoms with Crippen LogP contribution in [0.15, 0.2) is 4.99 Å². The molecule has 7 heavy (non-hydrogen) atoms. The van der Waals surface area contributed by atoms with Gasteiger partial charge in [-0.05, 0) is 0 Å². The van der Waals surface area contributed by atoms with Crippen LogP contribution in [0.4, 0.5) is 0 Å². The van der Waals surface area contributed by atoms with Gasteiger partial charge in [0.2, 0.25) is 0 Å². The fourth-order valence-electron chi connectivity index (χ4n) is 0.0791. The van der Waals surface area contributed by atoms with E-state index in [0.29, 0.717) is 0 Å². The Labute approximate surface area is 69.9 Å². The smallest absolute Gasteiger partial charge is 1.00 e. The minimum atomic E-state index is 0. The Morgan fingerprint density at radius 1 is 1.43 bits per heavy atom. The van der Waals surface area contributed by atoms with Gasteiger partial charge in [0.15, 0.2) is 0 Å². The molecule has 0 fully saturated rings. The van der Waals surface area contributed by atoms with Gasteiger partial charge in [-0.3, -0.25) is 6.34 Å². The molecule has 0 aliphatic carbocycles. The van der Waals surface area contributed by atoms with Gasteiger partial charge in [-0.25, -0.2) is 0 Å². The van der Waals surface area contributed by atoms with Crippen LogP contribution < -0.4 is 30.1 Å². The molecule has 1 heterocycles. The van der Waals surface area contributed by atoms with Gasteiger partial charge in [0.25, 0.3) is 0 Å². The van der Waals surface area contributed by atoms with E-state index < -0.39 is 0 Å². The van der Waals surface area contributed by atoms with Gasteiger partial charge in [0.05, 0.1) is 0 Å². The molecule has 0 aromatic rings. The minimum absolute atomic E-state index is 0. The fourth-order valence-corrected chi connectivity index (χ4v) is 0.0791. The van der Waals surface area contributed by atoms with E-state index in [1.54, 1.807) is 0 Å². The van der Waals surface area contributed by atoms with Crippen LogP contribution in [0.1, 0.15) is 0 Å². The summed E-state index contributed by atoms with van der Waals surface area (Å²) in [5, 5.41) is 2.69. The van der Waals surface area contributed by atoms with E-state index in [0.717, 1.165) is 6.67 Å². The molecule has 2 nitrogen and oxygen atoms in total. The minimum Gasteiger partial charge on any atom is -1.00 e. The normalized spacial score (nSPS) is 10.3. The fraction of sp³-hybridized carbons (Fsp3) is 0.500. The quantitative estimate of drug-likeness (QED) is 0.286. The van der Waals surface area contributed by atoms with Crippen LogP contribution in [0, 0.1) is 0 Å². The second-order valence-electron chi connectivity index (χ2n) is 0.605. The van der Waals surface area contributed by atoms with Crippen molar-refractivity contribution in [1.82, 2.24) is 5.32 Å². The molecular formula is C2H3Cl2N2Ti. The van der Waals surface area contributed by atoms with Crippen molar-refractivity contribution in [1.29, 1.82) is 0 Å². The topological polar surface area (TPSA) is 24.4 Å². The number of halogens is 2. The zero-order valence-corrected chi connectivity index (χ0v) is 6.48. The number of nitrogens with one attached hydrogen (secondary N) is 1. The predicted octanol–water partition coefficient (Wildman–Crippen LogP) is -6.54. The number of hydrogen-bond acceptors (Lipinski definition) is 2. The van der Waals surface area contributed by atoms with E-state index in [9.17, 15) is 0 Å². The third-order valence-electron chi connectivity index (χ3n) is 0.316. The molecule has 0 unspecified atom stereocenters. The molecule has 0 spiro atoms. The summed E-state index contributed by atoms with van der Waals surface area (Å²) in [6.45, 7) is 0.764. The predicted molar refractivity (Wildman–Crippen MR) is 15.4 cm³/mol. The van der Waals surface area contributed by atoms with E-state index in [-0.39, 0.29) is 46.5 Å². The van der Waals surface area contributed by atoms with E-state index in [4.69, 9.17) is 0 Å². The van der Waals surface area contributed by atoms with Crippen LogP contribution in [0.3, 0.4) is 0 Å². The van der Waals surface area contributed by atoms with Crippen molar-refractivity contribution in [3.05, 3.63) is 0 Å². The summed E-state index contributed by atoms with van der Waals surface area (Å²) in [5.74, 6) is 0. The van der Waals surface area contributed by atoms with Gasteiger partial charge in [-0.2, -0.15) is 0 Å². The SMILES string of the molecule is [C-]1=NCN1.[Cl-].[Cl-].[Ti+3]. The number of aliphatic imine (C=N–C) groups is 1. The van der Waals surface area contributed by atoms with E-state index in [1.165, 1.54) is 0 Å². The van der Waals surface area contributed by atoms with Crippen LogP contribution in [0.25, 0.3) is 0 Å². The Hall–Kier alpha value is 0.764. The average molecular weight is 174 g/mol. The molecule has 1 N–H and O–H groups in total. The molecule has 1 aliphatic rings. The van der Waals surface area contributed by atoms with Gasteiger partial charge in [0, 0.05) is 6.67 Å². The average Bonchev–Trinajstić information content (AvgIpc) is 0.722. The Kier molecular flexibility index (Phi) is 22.1. The van der Waals surface area contributed by atoms with Crippen molar-refractivity contribution in [2.45, 2.75) is 0 Å². The van der Waals surface area contributed by atoms with Gasteiger partial charge >= 0.3 is 21.7 Å². The van der Waals surface area contributed by atoms with Crippen LogP contribution in [0.5, 0.6) is 0 Å². The molecule has 5 heteroatoms. The first-order chi connectivity index (χ1) is 2.00. The van der Waals surface area contributed by atoms with Crippen LogP contribution in [-0.2, 0) is 21.7 Å². The van der Waals surface area contributed by atoms with E-state index in [1.807, 2.05) is 0 Å². The van der Waals surface area contributed by atoms with Crippen molar-refractivity contribution in [2.24, 2.45) is 4.99 Å². The molecule has 0 saturated heterocycles. The van der Waals surface area contributed by atoms with Gasteiger partial charge < -0.3 is 35.1 Å². The molecular weight excluding hydrogens is 171 g/mol. The third-order valence-corrected chi connectivity index (χ3v) is 0.316. The summed E-state index contributed by atoms with van der Waals surface area (Å²) in [6, 6.07) is 0. The standard InChI is InChI=1S/C2H3N2.2ClH.Ti/c1-3-2-4-1;;;/h1H2,(H,3,4);2*1H;/q-1;;;+3/p-2. The number of hydrogen-bond donors (Lipinski definition) is 1. The number of rotatable bonds is 0. The van der Waals surface area contributed by atoms with Crippen molar-refractivity contribution in [3.8, 4) is 0 Å². The molecule has 0 aromatic heterocycles.